The molecule has 0 unspecified atom stereocenters. The molecule has 0 fully saturated rings. The molecular formula is C41H30N2Si. The summed E-state index contributed by atoms with van der Waals surface area (Å²) < 4.78 is 2.38. The lowest BCUT2D eigenvalue weighted by molar-refractivity contribution is 1.18. The molecule has 2 heterocycles. The van der Waals surface area contributed by atoms with Crippen LogP contribution in [0.2, 0.25) is 0 Å². The molecule has 6 aromatic carbocycles. The fraction of sp³-hybridized carbons (Fsp3) is 0. The van der Waals surface area contributed by atoms with Gasteiger partial charge in [0, 0.05) is 28.0 Å². The third kappa shape index (κ3) is 4.21. The Balaban J connectivity index is 1.44. The zero-order valence-electron chi connectivity index (χ0n) is 24.2. The van der Waals surface area contributed by atoms with Crippen molar-refractivity contribution >= 4 is 50.8 Å². The number of rotatable bonds is 6. The Morgan fingerprint density at radius 2 is 0.977 bits per heavy atom. The predicted molar refractivity (Wildman–Crippen MR) is 188 cm³/mol. The van der Waals surface area contributed by atoms with Crippen molar-refractivity contribution in [3.8, 4) is 16.8 Å². The second kappa shape index (κ2) is 11.0. The molecule has 0 spiro atoms. The lowest BCUT2D eigenvalue weighted by atomic mass is 10.1. The van der Waals surface area contributed by atoms with Crippen LogP contribution in [-0.2, 0) is 0 Å². The number of para-hydroxylation sites is 2. The summed E-state index contributed by atoms with van der Waals surface area (Å²) in [6.07, 6.45) is 2.05. The SMILES string of the molecule is c1ccc(-c2ccc([Si](c3ccccc3)(c3ccccc3)c3ccc4c(c3)c3ccccc3n4-c3ccccc3)nc2)cc1. The first-order valence-corrected chi connectivity index (χ1v) is 17.1. The number of hydrogen-bond acceptors (Lipinski definition) is 1. The van der Waals surface area contributed by atoms with Crippen LogP contribution in [0.15, 0.2) is 182 Å². The van der Waals surface area contributed by atoms with Crippen LogP contribution in [0.3, 0.4) is 0 Å². The molecule has 2 nitrogen and oxygen atoms in total. The first-order valence-electron chi connectivity index (χ1n) is 15.1. The first-order chi connectivity index (χ1) is 21.8. The minimum atomic E-state index is -2.82. The molecule has 0 saturated carbocycles. The Hall–Kier alpha value is -5.51. The Labute approximate surface area is 258 Å². The lowest BCUT2D eigenvalue weighted by Crippen LogP contribution is -2.75. The van der Waals surface area contributed by atoms with E-state index in [0.29, 0.717) is 0 Å². The van der Waals surface area contributed by atoms with E-state index < -0.39 is 8.07 Å². The average molecular weight is 579 g/mol. The number of aromatic nitrogens is 2. The molecule has 0 saturated heterocycles. The number of benzene rings is 6. The zero-order valence-corrected chi connectivity index (χ0v) is 25.2. The highest BCUT2D eigenvalue weighted by molar-refractivity contribution is 7.19. The minimum absolute atomic E-state index is 1.12. The molecular weight excluding hydrogens is 549 g/mol. The van der Waals surface area contributed by atoms with Crippen LogP contribution < -0.4 is 20.9 Å². The van der Waals surface area contributed by atoms with Crippen molar-refractivity contribution in [3.63, 3.8) is 0 Å². The molecule has 0 N–H and O–H groups in total. The van der Waals surface area contributed by atoms with E-state index in [1.807, 2.05) is 0 Å². The van der Waals surface area contributed by atoms with E-state index in [0.717, 1.165) is 10.9 Å². The van der Waals surface area contributed by atoms with Crippen LogP contribution in [0.1, 0.15) is 0 Å². The largest absolute Gasteiger partial charge is 0.309 e. The first kappa shape index (κ1) is 26.1. The monoisotopic (exact) mass is 578 g/mol. The Morgan fingerprint density at radius 1 is 0.409 bits per heavy atom. The van der Waals surface area contributed by atoms with Gasteiger partial charge in [0.1, 0.15) is 0 Å². The van der Waals surface area contributed by atoms with Crippen LogP contribution in [-0.4, -0.2) is 17.6 Å². The van der Waals surface area contributed by atoms with Crippen molar-refractivity contribution in [1.29, 1.82) is 0 Å². The smallest absolute Gasteiger partial charge is 0.201 e. The predicted octanol–water partition coefficient (Wildman–Crippen LogP) is 7.22. The number of hydrogen-bond donors (Lipinski definition) is 0. The summed E-state index contributed by atoms with van der Waals surface area (Å²) >= 11 is 0. The van der Waals surface area contributed by atoms with Gasteiger partial charge in [-0.25, -0.2) is 0 Å². The van der Waals surface area contributed by atoms with Gasteiger partial charge in [-0.2, -0.15) is 0 Å². The van der Waals surface area contributed by atoms with Gasteiger partial charge in [0.25, 0.3) is 0 Å². The maximum atomic E-state index is 5.31. The standard InChI is InChI=1S/C41H30N2Si/c1-5-15-31(16-6-1)32-25-28-41(42-30-32)44(34-19-9-3-10-20-34,35-21-11-4-12-22-35)36-26-27-40-38(29-36)37-23-13-14-24-39(37)43(40)33-17-7-2-8-18-33/h1-30H. The number of pyridine rings is 1. The molecule has 0 radical (unpaired) electrons. The summed E-state index contributed by atoms with van der Waals surface area (Å²) in [5.41, 5.74) is 5.88. The van der Waals surface area contributed by atoms with Gasteiger partial charge in [0.2, 0.25) is 8.07 Å². The van der Waals surface area contributed by atoms with E-state index in [2.05, 4.69) is 187 Å². The highest BCUT2D eigenvalue weighted by atomic mass is 28.3. The molecule has 0 bridgehead atoms. The minimum Gasteiger partial charge on any atom is -0.309 e. The number of fused-ring (bicyclic) bond motifs is 3. The van der Waals surface area contributed by atoms with Gasteiger partial charge in [0.05, 0.1) is 11.0 Å². The highest BCUT2D eigenvalue weighted by Crippen LogP contribution is 2.32. The molecule has 0 amide bonds. The van der Waals surface area contributed by atoms with E-state index >= 15 is 0 Å². The van der Waals surface area contributed by atoms with Crippen molar-refractivity contribution in [1.82, 2.24) is 9.55 Å². The van der Waals surface area contributed by atoms with Crippen molar-refractivity contribution in [2.24, 2.45) is 0 Å². The summed E-state index contributed by atoms with van der Waals surface area (Å²) in [5, 5.41) is 7.59. The van der Waals surface area contributed by atoms with Crippen LogP contribution in [0.25, 0.3) is 38.6 Å². The summed E-state index contributed by atoms with van der Waals surface area (Å²) in [6.45, 7) is 0. The van der Waals surface area contributed by atoms with Crippen LogP contribution in [0, 0.1) is 0 Å². The topological polar surface area (TPSA) is 17.8 Å². The summed E-state index contributed by atoms with van der Waals surface area (Å²) in [5.74, 6) is 0. The third-order valence-electron chi connectivity index (χ3n) is 8.79. The van der Waals surface area contributed by atoms with Gasteiger partial charge in [-0.15, -0.1) is 0 Å². The molecule has 2 aromatic heterocycles. The van der Waals surface area contributed by atoms with E-state index in [1.165, 1.54) is 48.6 Å². The second-order valence-electron chi connectivity index (χ2n) is 11.2. The highest BCUT2D eigenvalue weighted by Gasteiger charge is 2.43. The van der Waals surface area contributed by atoms with Gasteiger partial charge in [-0.05, 0) is 57.0 Å². The Kier molecular flexibility index (Phi) is 6.51. The molecule has 0 atom stereocenters. The maximum Gasteiger partial charge on any atom is 0.201 e. The average Bonchev–Trinajstić information content (AvgIpc) is 3.44. The van der Waals surface area contributed by atoms with Crippen molar-refractivity contribution in [2.45, 2.75) is 0 Å². The lowest BCUT2D eigenvalue weighted by Gasteiger charge is -2.33. The van der Waals surface area contributed by atoms with Gasteiger partial charge in [-0.3, -0.25) is 4.98 Å². The molecule has 3 heteroatoms. The second-order valence-corrected chi connectivity index (χ2v) is 14.9. The number of nitrogens with zero attached hydrogens (tertiary/aromatic N) is 2. The summed E-state index contributed by atoms with van der Waals surface area (Å²) in [7, 11) is -2.82. The van der Waals surface area contributed by atoms with Crippen LogP contribution >= 0.6 is 0 Å². The molecule has 0 aliphatic carbocycles. The van der Waals surface area contributed by atoms with Gasteiger partial charge < -0.3 is 4.57 Å². The zero-order chi connectivity index (χ0) is 29.3. The molecule has 44 heavy (non-hydrogen) atoms. The van der Waals surface area contributed by atoms with E-state index in [9.17, 15) is 0 Å². The van der Waals surface area contributed by atoms with Crippen molar-refractivity contribution < 1.29 is 0 Å². The summed E-state index contributed by atoms with van der Waals surface area (Å²) in [4.78, 5) is 5.31. The Bertz CT molecular complexity index is 2150. The van der Waals surface area contributed by atoms with Crippen molar-refractivity contribution in [3.05, 3.63) is 182 Å². The van der Waals surface area contributed by atoms with Gasteiger partial charge in [0.15, 0.2) is 0 Å². The fourth-order valence-corrected chi connectivity index (χ4v) is 11.4. The third-order valence-corrected chi connectivity index (χ3v) is 13.4. The molecule has 208 valence electrons. The Morgan fingerprint density at radius 3 is 1.61 bits per heavy atom. The van der Waals surface area contributed by atoms with E-state index in [4.69, 9.17) is 4.98 Å². The van der Waals surface area contributed by atoms with E-state index in [-0.39, 0.29) is 0 Å². The normalized spacial score (nSPS) is 11.6. The van der Waals surface area contributed by atoms with E-state index in [1.54, 1.807) is 0 Å². The summed E-state index contributed by atoms with van der Waals surface area (Å²) in [6, 6.07) is 63.6. The molecule has 8 aromatic rings. The molecule has 0 aliphatic rings. The van der Waals surface area contributed by atoms with Gasteiger partial charge in [-0.1, -0.05) is 146 Å². The van der Waals surface area contributed by atoms with Crippen LogP contribution in [0.4, 0.5) is 0 Å². The maximum absolute atomic E-state index is 5.31. The molecule has 8 rings (SSSR count). The van der Waals surface area contributed by atoms with Crippen molar-refractivity contribution in [2.75, 3.05) is 0 Å². The van der Waals surface area contributed by atoms with Gasteiger partial charge >= 0.3 is 0 Å². The molecule has 0 aliphatic heterocycles. The quantitative estimate of drug-likeness (QED) is 0.150. The van der Waals surface area contributed by atoms with Crippen LogP contribution in [0.5, 0.6) is 0 Å². The fourth-order valence-electron chi connectivity index (χ4n) is 6.80.